The van der Waals surface area contributed by atoms with E-state index in [0.29, 0.717) is 0 Å². The van der Waals surface area contributed by atoms with Gasteiger partial charge in [0.25, 0.3) is 0 Å². The summed E-state index contributed by atoms with van der Waals surface area (Å²) in [6, 6.07) is 20.4. The second kappa shape index (κ2) is 9.11. The van der Waals surface area contributed by atoms with E-state index in [1.54, 1.807) is 0 Å². The first-order valence-corrected chi connectivity index (χ1v) is 6.44. The monoisotopic (exact) mass is 242 g/mol. The molecule has 0 unspecified atom stereocenters. The van der Waals surface area contributed by atoms with Crippen LogP contribution in [0.3, 0.4) is 0 Å². The topological polar surface area (TPSA) is 24.1 Å². The van der Waals surface area contributed by atoms with Crippen LogP contribution < -0.4 is 10.6 Å². The molecule has 0 atom stereocenters. The molecular weight excluding hydrogens is 220 g/mol. The number of anilines is 2. The average Bonchev–Trinajstić information content (AvgIpc) is 2.43. The van der Waals surface area contributed by atoms with Crippen molar-refractivity contribution in [2.24, 2.45) is 0 Å². The average molecular weight is 242 g/mol. The van der Waals surface area contributed by atoms with Gasteiger partial charge in [0.2, 0.25) is 0 Å². The molecule has 0 radical (unpaired) electrons. The summed E-state index contributed by atoms with van der Waals surface area (Å²) in [6.07, 6.45) is 0. The fourth-order valence-corrected chi connectivity index (χ4v) is 1.52. The number of para-hydroxylation sites is 2. The van der Waals surface area contributed by atoms with Crippen LogP contribution in [0, 0.1) is 0 Å². The van der Waals surface area contributed by atoms with Crippen molar-refractivity contribution in [1.29, 1.82) is 0 Å². The molecule has 0 aromatic heterocycles. The molecule has 2 aromatic carbocycles. The molecule has 0 bridgehead atoms. The zero-order valence-electron chi connectivity index (χ0n) is 11.2. The maximum absolute atomic E-state index is 3.21. The van der Waals surface area contributed by atoms with Crippen molar-refractivity contribution in [3.8, 4) is 0 Å². The van der Waals surface area contributed by atoms with E-state index in [1.807, 2.05) is 36.4 Å². The Bertz CT molecular complexity index is 356. The molecule has 0 fully saturated rings. The Balaban J connectivity index is 0.000000180. The first-order valence-electron chi connectivity index (χ1n) is 6.44. The molecule has 2 aromatic rings. The molecule has 2 heteroatoms. The minimum atomic E-state index is 0.990. The summed E-state index contributed by atoms with van der Waals surface area (Å²) in [5.74, 6) is 0. The van der Waals surface area contributed by atoms with Crippen molar-refractivity contribution < 1.29 is 0 Å². The molecule has 18 heavy (non-hydrogen) atoms. The smallest absolute Gasteiger partial charge is 0.0340 e. The zero-order valence-corrected chi connectivity index (χ0v) is 11.2. The third-order valence-corrected chi connectivity index (χ3v) is 2.31. The van der Waals surface area contributed by atoms with Crippen LogP contribution in [0.15, 0.2) is 60.7 Å². The summed E-state index contributed by atoms with van der Waals surface area (Å²) < 4.78 is 0. The zero-order chi connectivity index (χ0) is 13.1. The van der Waals surface area contributed by atoms with Crippen molar-refractivity contribution >= 4 is 11.4 Å². The Labute approximate surface area is 110 Å². The summed E-state index contributed by atoms with van der Waals surface area (Å²) in [6.45, 7) is 6.16. The van der Waals surface area contributed by atoms with Crippen molar-refractivity contribution in [2.45, 2.75) is 13.8 Å². The van der Waals surface area contributed by atoms with Gasteiger partial charge in [-0.3, -0.25) is 0 Å². The quantitative estimate of drug-likeness (QED) is 0.838. The molecule has 0 saturated carbocycles. The molecule has 2 nitrogen and oxygen atoms in total. The van der Waals surface area contributed by atoms with Gasteiger partial charge >= 0.3 is 0 Å². The van der Waals surface area contributed by atoms with Gasteiger partial charge in [-0.05, 0) is 38.1 Å². The predicted molar refractivity (Wildman–Crippen MR) is 81.2 cm³/mol. The molecule has 96 valence electrons. The maximum Gasteiger partial charge on any atom is 0.0340 e. The van der Waals surface area contributed by atoms with Crippen molar-refractivity contribution in [3.63, 3.8) is 0 Å². The normalized spacial score (nSPS) is 9.00. The summed E-state index contributed by atoms with van der Waals surface area (Å²) >= 11 is 0. The molecule has 0 heterocycles. The highest BCUT2D eigenvalue weighted by Crippen LogP contribution is 2.03. The molecule has 0 aliphatic carbocycles. The van der Waals surface area contributed by atoms with Gasteiger partial charge in [0.05, 0.1) is 0 Å². The third-order valence-electron chi connectivity index (χ3n) is 2.31. The van der Waals surface area contributed by atoms with Crippen molar-refractivity contribution in [2.75, 3.05) is 23.7 Å². The Morgan fingerprint density at radius 2 is 0.944 bits per heavy atom. The lowest BCUT2D eigenvalue weighted by Gasteiger charge is -1.99. The SMILES string of the molecule is CCNc1ccccc1.CCNc1ccccc1. The predicted octanol–water partition coefficient (Wildman–Crippen LogP) is 4.24. The fraction of sp³-hybridized carbons (Fsp3) is 0.250. The Kier molecular flexibility index (Phi) is 7.14. The number of benzene rings is 2. The summed E-state index contributed by atoms with van der Waals surface area (Å²) in [4.78, 5) is 0. The Morgan fingerprint density at radius 1 is 0.611 bits per heavy atom. The molecule has 0 spiro atoms. The first-order chi connectivity index (χ1) is 8.86. The first kappa shape index (κ1) is 14.1. The summed E-state index contributed by atoms with van der Waals surface area (Å²) in [5, 5.41) is 6.42. The highest BCUT2D eigenvalue weighted by molar-refractivity contribution is 5.42. The van der Waals surface area contributed by atoms with E-state index >= 15 is 0 Å². The Morgan fingerprint density at radius 3 is 1.22 bits per heavy atom. The van der Waals surface area contributed by atoms with Gasteiger partial charge in [-0.1, -0.05) is 36.4 Å². The number of rotatable bonds is 4. The molecular formula is C16H22N2. The highest BCUT2D eigenvalue weighted by atomic mass is 14.8. The van der Waals surface area contributed by atoms with Crippen LogP contribution >= 0.6 is 0 Å². The van der Waals surface area contributed by atoms with E-state index in [-0.39, 0.29) is 0 Å². The van der Waals surface area contributed by atoms with E-state index in [2.05, 4.69) is 48.7 Å². The van der Waals surface area contributed by atoms with Crippen LogP contribution in [-0.2, 0) is 0 Å². The van der Waals surface area contributed by atoms with Gasteiger partial charge in [0.1, 0.15) is 0 Å². The molecule has 0 amide bonds. The van der Waals surface area contributed by atoms with Crippen LogP contribution in [0.4, 0.5) is 11.4 Å². The van der Waals surface area contributed by atoms with Gasteiger partial charge in [-0.15, -0.1) is 0 Å². The molecule has 0 saturated heterocycles. The van der Waals surface area contributed by atoms with Crippen LogP contribution in [0.5, 0.6) is 0 Å². The van der Waals surface area contributed by atoms with Crippen molar-refractivity contribution in [3.05, 3.63) is 60.7 Å². The fourth-order valence-electron chi connectivity index (χ4n) is 1.52. The van der Waals surface area contributed by atoms with Crippen LogP contribution in [0.2, 0.25) is 0 Å². The second-order valence-corrected chi connectivity index (χ2v) is 3.79. The molecule has 2 N–H and O–H groups in total. The van der Waals surface area contributed by atoms with Gasteiger partial charge < -0.3 is 10.6 Å². The number of nitrogens with one attached hydrogen (secondary N) is 2. The van der Waals surface area contributed by atoms with Crippen molar-refractivity contribution in [1.82, 2.24) is 0 Å². The van der Waals surface area contributed by atoms with Gasteiger partial charge in [0.15, 0.2) is 0 Å². The van der Waals surface area contributed by atoms with Gasteiger partial charge in [-0.25, -0.2) is 0 Å². The van der Waals surface area contributed by atoms with Gasteiger partial charge in [-0.2, -0.15) is 0 Å². The van der Waals surface area contributed by atoms with E-state index in [1.165, 1.54) is 11.4 Å². The standard InChI is InChI=1S/2C8H11N/c2*1-2-9-8-6-4-3-5-7-8/h2*3-7,9H,2H2,1H3. The number of hydrogen-bond donors (Lipinski definition) is 2. The maximum atomic E-state index is 3.21. The minimum absolute atomic E-state index is 0.990. The van der Waals surface area contributed by atoms with E-state index in [0.717, 1.165) is 13.1 Å². The minimum Gasteiger partial charge on any atom is -0.385 e. The summed E-state index contributed by atoms with van der Waals surface area (Å²) in [7, 11) is 0. The summed E-state index contributed by atoms with van der Waals surface area (Å²) in [5.41, 5.74) is 2.39. The molecule has 2 rings (SSSR count). The molecule has 0 aliphatic rings. The highest BCUT2D eigenvalue weighted by Gasteiger charge is 1.82. The lowest BCUT2D eigenvalue weighted by Crippen LogP contribution is -1.94. The van der Waals surface area contributed by atoms with Crippen LogP contribution in [0.25, 0.3) is 0 Å². The van der Waals surface area contributed by atoms with E-state index in [9.17, 15) is 0 Å². The van der Waals surface area contributed by atoms with Crippen LogP contribution in [-0.4, -0.2) is 13.1 Å². The largest absolute Gasteiger partial charge is 0.385 e. The van der Waals surface area contributed by atoms with Crippen LogP contribution in [0.1, 0.15) is 13.8 Å². The lowest BCUT2D eigenvalue weighted by molar-refractivity contribution is 1.21. The van der Waals surface area contributed by atoms with E-state index < -0.39 is 0 Å². The lowest BCUT2D eigenvalue weighted by atomic mass is 10.3. The molecule has 0 aliphatic heterocycles. The number of hydrogen-bond acceptors (Lipinski definition) is 2. The Hall–Kier alpha value is -1.96. The third kappa shape index (κ3) is 5.94. The van der Waals surface area contributed by atoms with Gasteiger partial charge in [0, 0.05) is 24.5 Å². The second-order valence-electron chi connectivity index (χ2n) is 3.79. The van der Waals surface area contributed by atoms with E-state index in [4.69, 9.17) is 0 Å².